The van der Waals surface area contributed by atoms with Crippen molar-refractivity contribution in [2.24, 2.45) is 0 Å². The van der Waals surface area contributed by atoms with Gasteiger partial charge in [-0.2, -0.15) is 0 Å². The molecule has 0 atom stereocenters. The van der Waals surface area contributed by atoms with Gasteiger partial charge in [-0.15, -0.1) is 0 Å². The summed E-state index contributed by atoms with van der Waals surface area (Å²) >= 11 is 0. The molecule has 1 rings (SSSR count). The van der Waals surface area contributed by atoms with E-state index in [9.17, 15) is 14.9 Å². The molecule has 0 radical (unpaired) electrons. The van der Waals surface area contributed by atoms with E-state index >= 15 is 0 Å². The number of carbonyl (C=O) groups is 1. The molecule has 5 nitrogen and oxygen atoms in total. The van der Waals surface area contributed by atoms with Crippen LogP contribution in [0.3, 0.4) is 0 Å². The highest BCUT2D eigenvalue weighted by molar-refractivity contribution is 5.99. The number of nitrogens with one attached hydrogen (secondary N) is 1. The predicted octanol–water partition coefficient (Wildman–Crippen LogP) is 2.03. The first-order valence-electron chi connectivity index (χ1n) is 4.23. The molecule has 0 spiro atoms. The maximum absolute atomic E-state index is 11.0. The number of anilines is 1. The average Bonchev–Trinajstić information content (AvgIpc) is 2.20. The summed E-state index contributed by atoms with van der Waals surface area (Å²) in [5.74, 6) is -0.390. The van der Waals surface area contributed by atoms with Crippen molar-refractivity contribution >= 4 is 17.3 Å². The summed E-state index contributed by atoms with van der Waals surface area (Å²) < 4.78 is 0. The molecule has 15 heavy (non-hydrogen) atoms. The van der Waals surface area contributed by atoms with E-state index in [0.29, 0.717) is 11.3 Å². The topological polar surface area (TPSA) is 72.2 Å². The zero-order valence-electron chi connectivity index (χ0n) is 8.19. The molecule has 1 aromatic carbocycles. The van der Waals surface area contributed by atoms with E-state index in [1.54, 1.807) is 13.0 Å². The Hall–Kier alpha value is -2.17. The molecule has 0 heterocycles. The second-order valence-corrected chi connectivity index (χ2v) is 2.90. The SMILES string of the molecule is C=CC(=O)Nc1cccc([N+](=O)[O-])c1C. The maximum Gasteiger partial charge on any atom is 0.274 e. The van der Waals surface area contributed by atoms with E-state index < -0.39 is 10.8 Å². The molecule has 0 saturated carbocycles. The van der Waals surface area contributed by atoms with Crippen molar-refractivity contribution in [3.8, 4) is 0 Å². The van der Waals surface area contributed by atoms with Gasteiger partial charge in [0.1, 0.15) is 0 Å². The van der Waals surface area contributed by atoms with Crippen molar-refractivity contribution in [1.82, 2.24) is 0 Å². The maximum atomic E-state index is 11.0. The minimum absolute atomic E-state index is 0.0168. The van der Waals surface area contributed by atoms with E-state index in [1.165, 1.54) is 12.1 Å². The van der Waals surface area contributed by atoms with Crippen molar-refractivity contribution in [3.63, 3.8) is 0 Å². The lowest BCUT2D eigenvalue weighted by atomic mass is 10.1. The zero-order valence-corrected chi connectivity index (χ0v) is 8.19. The van der Waals surface area contributed by atoms with Crippen LogP contribution in [-0.4, -0.2) is 10.8 Å². The molecule has 0 fully saturated rings. The van der Waals surface area contributed by atoms with Crippen LogP contribution in [0.2, 0.25) is 0 Å². The third-order valence-electron chi connectivity index (χ3n) is 1.95. The lowest BCUT2D eigenvalue weighted by Gasteiger charge is -2.05. The highest BCUT2D eigenvalue weighted by Crippen LogP contribution is 2.24. The molecular weight excluding hydrogens is 196 g/mol. The van der Waals surface area contributed by atoms with Crippen LogP contribution in [0.25, 0.3) is 0 Å². The monoisotopic (exact) mass is 206 g/mol. The number of nitrogens with zero attached hydrogens (tertiary/aromatic N) is 1. The number of hydrogen-bond acceptors (Lipinski definition) is 3. The summed E-state index contributed by atoms with van der Waals surface area (Å²) in [4.78, 5) is 21.1. The van der Waals surface area contributed by atoms with Crippen LogP contribution < -0.4 is 5.32 Å². The molecule has 0 unspecified atom stereocenters. The van der Waals surface area contributed by atoms with Gasteiger partial charge < -0.3 is 5.32 Å². The highest BCUT2D eigenvalue weighted by atomic mass is 16.6. The zero-order chi connectivity index (χ0) is 11.4. The molecule has 1 N–H and O–H groups in total. The second kappa shape index (κ2) is 4.36. The van der Waals surface area contributed by atoms with Crippen LogP contribution in [0.15, 0.2) is 30.9 Å². The van der Waals surface area contributed by atoms with Crippen LogP contribution in [0.5, 0.6) is 0 Å². The first kappa shape index (κ1) is 10.9. The number of carbonyl (C=O) groups excluding carboxylic acids is 1. The number of rotatable bonds is 3. The van der Waals surface area contributed by atoms with Crippen LogP contribution in [0.1, 0.15) is 5.56 Å². The lowest BCUT2D eigenvalue weighted by molar-refractivity contribution is -0.385. The Kier molecular flexibility index (Phi) is 3.17. The van der Waals surface area contributed by atoms with E-state index in [0.717, 1.165) is 6.08 Å². The summed E-state index contributed by atoms with van der Waals surface area (Å²) in [7, 11) is 0. The van der Waals surface area contributed by atoms with Crippen molar-refractivity contribution in [2.75, 3.05) is 5.32 Å². The number of amides is 1. The largest absolute Gasteiger partial charge is 0.322 e. The number of hydrogen-bond donors (Lipinski definition) is 1. The number of nitro groups is 1. The Morgan fingerprint density at radius 3 is 2.80 bits per heavy atom. The van der Waals surface area contributed by atoms with Crippen LogP contribution in [0.4, 0.5) is 11.4 Å². The third-order valence-corrected chi connectivity index (χ3v) is 1.95. The first-order chi connectivity index (χ1) is 7.06. The standard InChI is InChI=1S/C10H10N2O3/c1-3-10(13)11-8-5-4-6-9(7(8)2)12(14)15/h3-6H,1H2,2H3,(H,11,13). The summed E-state index contributed by atoms with van der Waals surface area (Å²) in [6.07, 6.45) is 1.11. The fourth-order valence-electron chi connectivity index (χ4n) is 1.14. The predicted molar refractivity (Wildman–Crippen MR) is 56.7 cm³/mol. The van der Waals surface area contributed by atoms with E-state index in [4.69, 9.17) is 0 Å². The van der Waals surface area contributed by atoms with Gasteiger partial charge in [0, 0.05) is 6.07 Å². The number of benzene rings is 1. The Morgan fingerprint density at radius 2 is 2.27 bits per heavy atom. The molecular formula is C10H10N2O3. The van der Waals surface area contributed by atoms with Gasteiger partial charge in [0.2, 0.25) is 5.91 Å². The smallest absolute Gasteiger partial charge is 0.274 e. The summed E-state index contributed by atoms with van der Waals surface area (Å²) in [6, 6.07) is 4.51. The molecule has 78 valence electrons. The Balaban J connectivity index is 3.09. The van der Waals surface area contributed by atoms with Gasteiger partial charge in [0.05, 0.1) is 16.2 Å². The molecule has 1 amide bonds. The van der Waals surface area contributed by atoms with E-state index in [1.807, 2.05) is 0 Å². The van der Waals surface area contributed by atoms with Gasteiger partial charge in [0.15, 0.2) is 0 Å². The summed E-state index contributed by atoms with van der Waals surface area (Å²) in [6.45, 7) is 4.88. The minimum Gasteiger partial charge on any atom is -0.322 e. The first-order valence-corrected chi connectivity index (χ1v) is 4.23. The van der Waals surface area contributed by atoms with Crippen molar-refractivity contribution in [1.29, 1.82) is 0 Å². The fraction of sp³-hybridized carbons (Fsp3) is 0.100. The van der Waals surface area contributed by atoms with Crippen molar-refractivity contribution in [3.05, 3.63) is 46.5 Å². The summed E-state index contributed by atoms with van der Waals surface area (Å²) in [5, 5.41) is 13.1. The van der Waals surface area contributed by atoms with Gasteiger partial charge in [-0.3, -0.25) is 14.9 Å². The minimum atomic E-state index is -0.487. The van der Waals surface area contributed by atoms with Crippen LogP contribution >= 0.6 is 0 Å². The second-order valence-electron chi connectivity index (χ2n) is 2.90. The highest BCUT2D eigenvalue weighted by Gasteiger charge is 2.13. The Morgan fingerprint density at radius 1 is 1.60 bits per heavy atom. The molecule has 0 aliphatic heterocycles. The van der Waals surface area contributed by atoms with E-state index in [2.05, 4.69) is 11.9 Å². The van der Waals surface area contributed by atoms with Gasteiger partial charge in [-0.1, -0.05) is 12.6 Å². The quantitative estimate of drug-likeness (QED) is 0.467. The molecule has 0 aliphatic carbocycles. The van der Waals surface area contributed by atoms with Crippen molar-refractivity contribution in [2.45, 2.75) is 6.92 Å². The third kappa shape index (κ3) is 2.40. The van der Waals surface area contributed by atoms with Gasteiger partial charge in [0.25, 0.3) is 5.69 Å². The van der Waals surface area contributed by atoms with Crippen LogP contribution in [-0.2, 0) is 4.79 Å². The van der Waals surface area contributed by atoms with Gasteiger partial charge in [-0.05, 0) is 19.1 Å². The van der Waals surface area contributed by atoms with E-state index in [-0.39, 0.29) is 5.69 Å². The summed E-state index contributed by atoms with van der Waals surface area (Å²) in [5.41, 5.74) is 0.837. The van der Waals surface area contributed by atoms with Gasteiger partial charge >= 0.3 is 0 Å². The Labute approximate surface area is 86.6 Å². The average molecular weight is 206 g/mol. The Bertz CT molecular complexity index is 427. The normalized spacial score (nSPS) is 9.40. The molecule has 1 aromatic rings. The van der Waals surface area contributed by atoms with Gasteiger partial charge in [-0.25, -0.2) is 0 Å². The molecule has 5 heteroatoms. The molecule has 0 bridgehead atoms. The molecule has 0 aliphatic rings. The van der Waals surface area contributed by atoms with Crippen molar-refractivity contribution < 1.29 is 9.72 Å². The molecule has 0 aromatic heterocycles. The molecule has 0 saturated heterocycles. The fourth-order valence-corrected chi connectivity index (χ4v) is 1.14. The lowest BCUT2D eigenvalue weighted by Crippen LogP contribution is -2.09. The number of nitro benzene ring substituents is 1. The van der Waals surface area contributed by atoms with Crippen LogP contribution in [0, 0.1) is 17.0 Å².